The van der Waals surface area contributed by atoms with Gasteiger partial charge in [0, 0.05) is 17.1 Å². The molecule has 0 atom stereocenters. The maximum Gasteiger partial charge on any atom is 0.338 e. The third-order valence-corrected chi connectivity index (χ3v) is 5.22. The summed E-state index contributed by atoms with van der Waals surface area (Å²) in [5, 5.41) is 12.6. The van der Waals surface area contributed by atoms with E-state index in [2.05, 4.69) is 5.32 Å². The maximum absolute atomic E-state index is 12.6. The summed E-state index contributed by atoms with van der Waals surface area (Å²) in [4.78, 5) is 24.5. The predicted molar refractivity (Wildman–Crippen MR) is 125 cm³/mol. The Labute approximate surface area is 191 Å². The van der Waals surface area contributed by atoms with Gasteiger partial charge in [-0.3, -0.25) is 4.79 Å². The second kappa shape index (κ2) is 9.99. The van der Waals surface area contributed by atoms with Gasteiger partial charge in [-0.1, -0.05) is 23.7 Å². The van der Waals surface area contributed by atoms with Crippen LogP contribution in [0.2, 0.25) is 5.02 Å². The van der Waals surface area contributed by atoms with Crippen molar-refractivity contribution in [3.05, 3.63) is 87.7 Å². The van der Waals surface area contributed by atoms with Gasteiger partial charge in [-0.25, -0.2) is 4.79 Å². The average molecular weight is 448 g/mol. The molecule has 1 heterocycles. The van der Waals surface area contributed by atoms with Crippen molar-refractivity contribution < 1.29 is 14.3 Å². The predicted octanol–water partition coefficient (Wildman–Crippen LogP) is 5.47. The molecule has 1 N–H and O–H groups in total. The summed E-state index contributed by atoms with van der Waals surface area (Å²) in [6, 6.07) is 17.8. The van der Waals surface area contributed by atoms with Gasteiger partial charge in [0.2, 0.25) is 0 Å². The van der Waals surface area contributed by atoms with E-state index in [0.29, 0.717) is 22.9 Å². The van der Waals surface area contributed by atoms with Crippen LogP contribution in [0.25, 0.3) is 11.8 Å². The van der Waals surface area contributed by atoms with E-state index in [9.17, 15) is 14.9 Å². The second-order valence-electron chi connectivity index (χ2n) is 7.03. The summed E-state index contributed by atoms with van der Waals surface area (Å²) in [5.74, 6) is -0.906. The van der Waals surface area contributed by atoms with Crippen LogP contribution in [0.4, 0.5) is 5.69 Å². The molecule has 1 amide bonds. The number of aryl methyl sites for hydroxylation is 1. The number of rotatable bonds is 6. The van der Waals surface area contributed by atoms with Crippen molar-refractivity contribution in [2.24, 2.45) is 0 Å². The topological polar surface area (TPSA) is 84.1 Å². The van der Waals surface area contributed by atoms with Crippen molar-refractivity contribution in [1.82, 2.24) is 4.57 Å². The summed E-state index contributed by atoms with van der Waals surface area (Å²) < 4.78 is 7.01. The quantitative estimate of drug-likeness (QED) is 0.308. The number of halogens is 1. The number of carbonyl (C=O) groups excluding carboxylic acids is 2. The Kier molecular flexibility index (Phi) is 7.14. The molecule has 162 valence electrons. The number of ether oxygens (including phenoxy) is 1. The van der Waals surface area contributed by atoms with Crippen molar-refractivity contribution in [1.29, 1.82) is 5.26 Å². The number of para-hydroxylation sites is 1. The van der Waals surface area contributed by atoms with E-state index in [0.717, 1.165) is 22.6 Å². The molecule has 2 aromatic carbocycles. The van der Waals surface area contributed by atoms with Crippen molar-refractivity contribution >= 4 is 35.2 Å². The number of nitriles is 1. The minimum absolute atomic E-state index is 0.0390. The number of anilines is 1. The zero-order chi connectivity index (χ0) is 23.3. The zero-order valence-electron chi connectivity index (χ0n) is 18.0. The number of esters is 1. The van der Waals surface area contributed by atoms with Gasteiger partial charge >= 0.3 is 5.97 Å². The number of nitrogens with one attached hydrogen (secondary N) is 1. The molecule has 0 saturated carbocycles. The largest absolute Gasteiger partial charge is 0.462 e. The SMILES string of the molecule is CCOC(=O)c1ccc(-n2c(C)cc(/C=C(/C#N)C(=O)Nc3ccccc3Cl)c2C)cc1. The summed E-state index contributed by atoms with van der Waals surface area (Å²) in [6.07, 6.45) is 1.55. The summed E-state index contributed by atoms with van der Waals surface area (Å²) in [5.41, 5.74) is 4.23. The standard InChI is InChI=1S/C25H22ClN3O3/c1-4-32-25(31)18-9-11-21(12-10-18)29-16(2)13-19(17(29)3)14-20(15-27)24(30)28-23-8-6-5-7-22(23)26/h5-14H,4H2,1-3H3,(H,28,30)/b20-14-. The van der Waals surface area contributed by atoms with Gasteiger partial charge in [0.1, 0.15) is 11.6 Å². The third-order valence-electron chi connectivity index (χ3n) is 4.89. The van der Waals surface area contributed by atoms with Crippen LogP contribution in [0, 0.1) is 25.2 Å². The Morgan fingerprint density at radius 3 is 2.47 bits per heavy atom. The van der Waals surface area contributed by atoms with Crippen LogP contribution < -0.4 is 5.32 Å². The fraction of sp³-hybridized carbons (Fsp3) is 0.160. The summed E-state index contributed by atoms with van der Waals surface area (Å²) in [7, 11) is 0. The second-order valence-corrected chi connectivity index (χ2v) is 7.44. The molecule has 0 bridgehead atoms. The van der Waals surface area contributed by atoms with E-state index in [1.165, 1.54) is 0 Å². The molecule has 0 radical (unpaired) electrons. The van der Waals surface area contributed by atoms with Crippen LogP contribution in [-0.4, -0.2) is 23.1 Å². The van der Waals surface area contributed by atoms with Gasteiger partial charge in [0.05, 0.1) is 22.9 Å². The number of amides is 1. The number of benzene rings is 2. The molecular weight excluding hydrogens is 426 g/mol. The maximum atomic E-state index is 12.6. The van der Waals surface area contributed by atoms with Gasteiger partial charge < -0.3 is 14.6 Å². The lowest BCUT2D eigenvalue weighted by Gasteiger charge is -2.10. The Morgan fingerprint density at radius 2 is 1.84 bits per heavy atom. The number of hydrogen-bond donors (Lipinski definition) is 1. The molecule has 1 aromatic heterocycles. The molecule has 0 aliphatic heterocycles. The normalized spacial score (nSPS) is 11.0. The van der Waals surface area contributed by atoms with Crippen molar-refractivity contribution in [3.8, 4) is 11.8 Å². The molecule has 3 aromatic rings. The minimum atomic E-state index is -0.538. The van der Waals surface area contributed by atoms with Gasteiger partial charge in [-0.05, 0) is 74.9 Å². The number of nitrogens with zero attached hydrogens (tertiary/aromatic N) is 2. The lowest BCUT2D eigenvalue weighted by Crippen LogP contribution is -2.13. The summed E-state index contributed by atoms with van der Waals surface area (Å²) in [6.45, 7) is 5.91. The van der Waals surface area contributed by atoms with Crippen LogP contribution >= 0.6 is 11.6 Å². The van der Waals surface area contributed by atoms with E-state index < -0.39 is 5.91 Å². The Balaban J connectivity index is 1.90. The molecule has 0 spiro atoms. The monoisotopic (exact) mass is 447 g/mol. The first-order valence-corrected chi connectivity index (χ1v) is 10.4. The first-order chi connectivity index (χ1) is 15.3. The fourth-order valence-electron chi connectivity index (χ4n) is 3.35. The molecule has 0 fully saturated rings. The molecule has 6 nitrogen and oxygen atoms in total. The van der Waals surface area contributed by atoms with E-state index in [1.807, 2.05) is 42.7 Å². The highest BCUT2D eigenvalue weighted by atomic mass is 35.5. The Hall–Kier alpha value is -3.82. The van der Waals surface area contributed by atoms with E-state index >= 15 is 0 Å². The van der Waals surface area contributed by atoms with Gasteiger partial charge in [0.15, 0.2) is 0 Å². The molecule has 0 unspecified atom stereocenters. The van der Waals surface area contributed by atoms with Gasteiger partial charge in [-0.2, -0.15) is 5.26 Å². The number of aromatic nitrogens is 1. The number of hydrogen-bond acceptors (Lipinski definition) is 4. The van der Waals surface area contributed by atoms with Crippen LogP contribution in [0.5, 0.6) is 0 Å². The first-order valence-electron chi connectivity index (χ1n) is 9.99. The molecule has 3 rings (SSSR count). The molecular formula is C25H22ClN3O3. The molecule has 0 aliphatic rings. The van der Waals surface area contributed by atoms with Crippen LogP contribution in [0.3, 0.4) is 0 Å². The van der Waals surface area contributed by atoms with Gasteiger partial charge in [0.25, 0.3) is 5.91 Å². The highest BCUT2D eigenvalue weighted by Crippen LogP contribution is 2.25. The highest BCUT2D eigenvalue weighted by Gasteiger charge is 2.15. The highest BCUT2D eigenvalue weighted by molar-refractivity contribution is 6.34. The van der Waals surface area contributed by atoms with E-state index in [4.69, 9.17) is 16.3 Å². The van der Waals surface area contributed by atoms with Gasteiger partial charge in [-0.15, -0.1) is 0 Å². The molecule has 0 saturated heterocycles. The summed E-state index contributed by atoms with van der Waals surface area (Å²) >= 11 is 6.09. The first kappa shape index (κ1) is 22.9. The molecule has 32 heavy (non-hydrogen) atoms. The third kappa shape index (κ3) is 4.90. The Bertz CT molecular complexity index is 1230. The van der Waals surface area contributed by atoms with Crippen LogP contribution in [-0.2, 0) is 9.53 Å². The van der Waals surface area contributed by atoms with Crippen molar-refractivity contribution in [3.63, 3.8) is 0 Å². The minimum Gasteiger partial charge on any atom is -0.462 e. The zero-order valence-corrected chi connectivity index (χ0v) is 18.7. The van der Waals surface area contributed by atoms with E-state index in [-0.39, 0.29) is 11.5 Å². The molecule has 0 aliphatic carbocycles. The lowest BCUT2D eigenvalue weighted by atomic mass is 10.1. The van der Waals surface area contributed by atoms with Crippen LogP contribution in [0.1, 0.15) is 34.2 Å². The Morgan fingerprint density at radius 1 is 1.16 bits per heavy atom. The molecule has 7 heteroatoms. The smallest absolute Gasteiger partial charge is 0.338 e. The van der Waals surface area contributed by atoms with Crippen molar-refractivity contribution in [2.45, 2.75) is 20.8 Å². The lowest BCUT2D eigenvalue weighted by molar-refractivity contribution is -0.112. The van der Waals surface area contributed by atoms with Crippen LogP contribution in [0.15, 0.2) is 60.2 Å². The van der Waals surface area contributed by atoms with E-state index in [1.54, 1.807) is 49.4 Å². The fourth-order valence-corrected chi connectivity index (χ4v) is 3.53. The average Bonchev–Trinajstić information content (AvgIpc) is 3.06. The number of carbonyl (C=O) groups is 2. The van der Waals surface area contributed by atoms with Crippen molar-refractivity contribution in [2.75, 3.05) is 11.9 Å².